The molecule has 102 valence electrons. The van der Waals surface area contributed by atoms with Gasteiger partial charge in [-0.25, -0.2) is 8.42 Å². The minimum absolute atomic E-state index is 0.0377. The Labute approximate surface area is 118 Å². The summed E-state index contributed by atoms with van der Waals surface area (Å²) in [6.45, 7) is 2.59. The van der Waals surface area contributed by atoms with Crippen LogP contribution in [0.15, 0.2) is 18.2 Å². The van der Waals surface area contributed by atoms with Crippen molar-refractivity contribution < 1.29 is 8.42 Å². The van der Waals surface area contributed by atoms with Gasteiger partial charge >= 0.3 is 0 Å². The fraction of sp³-hybridized carbons (Fsp3) is 0.500. The van der Waals surface area contributed by atoms with Gasteiger partial charge in [-0.3, -0.25) is 0 Å². The van der Waals surface area contributed by atoms with E-state index in [1.165, 1.54) is 6.26 Å². The molecule has 0 aliphatic rings. The maximum atomic E-state index is 11.0. The van der Waals surface area contributed by atoms with Gasteiger partial charge < -0.3 is 5.32 Å². The van der Waals surface area contributed by atoms with Crippen molar-refractivity contribution in [1.82, 2.24) is 5.32 Å². The lowest BCUT2D eigenvalue weighted by atomic mass is 10.1. The molecule has 0 amide bonds. The van der Waals surface area contributed by atoms with E-state index in [2.05, 4.69) is 5.32 Å². The number of sulfone groups is 1. The lowest BCUT2D eigenvalue weighted by Gasteiger charge is -2.15. The Morgan fingerprint density at radius 3 is 2.61 bits per heavy atom. The molecule has 1 N–H and O–H groups in total. The fourth-order valence-corrected chi connectivity index (χ4v) is 2.74. The zero-order valence-electron chi connectivity index (χ0n) is 10.4. The molecular weight excluding hydrogens is 293 g/mol. The third-order valence-electron chi connectivity index (χ3n) is 2.57. The molecule has 3 nitrogen and oxygen atoms in total. The largest absolute Gasteiger partial charge is 0.310 e. The zero-order valence-corrected chi connectivity index (χ0v) is 12.7. The summed E-state index contributed by atoms with van der Waals surface area (Å²) in [5.74, 6) is 0.190. The first-order chi connectivity index (χ1) is 8.29. The van der Waals surface area contributed by atoms with E-state index >= 15 is 0 Å². The van der Waals surface area contributed by atoms with Crippen LogP contribution in [-0.4, -0.2) is 27.0 Å². The van der Waals surface area contributed by atoms with Gasteiger partial charge in [-0.2, -0.15) is 0 Å². The first kappa shape index (κ1) is 15.8. The molecule has 0 saturated carbocycles. The molecule has 0 spiro atoms. The van der Waals surface area contributed by atoms with Crippen LogP contribution in [0.25, 0.3) is 0 Å². The average molecular weight is 310 g/mol. The standard InChI is InChI=1S/C12H17Cl2NO2S/c1-9(15-6-3-7-18(2,16)17)11-8-10(13)4-5-12(11)14/h4-5,8-9,15H,3,6-7H2,1-2H3. The monoisotopic (exact) mass is 309 g/mol. The summed E-state index contributed by atoms with van der Waals surface area (Å²) in [7, 11) is -2.89. The lowest BCUT2D eigenvalue weighted by molar-refractivity contribution is 0.562. The highest BCUT2D eigenvalue weighted by atomic mass is 35.5. The number of hydrogen-bond acceptors (Lipinski definition) is 3. The van der Waals surface area contributed by atoms with Gasteiger partial charge in [-0.15, -0.1) is 0 Å². The quantitative estimate of drug-likeness (QED) is 0.821. The molecule has 0 aromatic heterocycles. The fourth-order valence-electron chi connectivity index (χ4n) is 1.61. The maximum absolute atomic E-state index is 11.0. The third-order valence-corrected chi connectivity index (χ3v) is 4.18. The average Bonchev–Trinajstić information content (AvgIpc) is 2.26. The summed E-state index contributed by atoms with van der Waals surface area (Å²) >= 11 is 12.0. The SMILES string of the molecule is CC(NCCCS(C)(=O)=O)c1cc(Cl)ccc1Cl. The van der Waals surface area contributed by atoms with Crippen LogP contribution in [0.1, 0.15) is 24.9 Å². The Bertz CT molecular complexity index is 503. The molecular formula is C12H17Cl2NO2S. The Balaban J connectivity index is 2.50. The molecule has 1 unspecified atom stereocenters. The van der Waals surface area contributed by atoms with Crippen molar-refractivity contribution in [1.29, 1.82) is 0 Å². The van der Waals surface area contributed by atoms with Gasteiger partial charge in [0.15, 0.2) is 0 Å². The summed E-state index contributed by atoms with van der Waals surface area (Å²) in [6.07, 6.45) is 1.83. The van der Waals surface area contributed by atoms with Crippen LogP contribution in [-0.2, 0) is 9.84 Å². The first-order valence-corrected chi connectivity index (χ1v) is 8.47. The molecule has 0 saturated heterocycles. The van der Waals surface area contributed by atoms with Gasteiger partial charge in [0, 0.05) is 22.3 Å². The minimum atomic E-state index is -2.89. The van der Waals surface area contributed by atoms with E-state index in [1.807, 2.05) is 13.0 Å². The van der Waals surface area contributed by atoms with Crippen LogP contribution in [0.2, 0.25) is 10.0 Å². The highest BCUT2D eigenvalue weighted by Crippen LogP contribution is 2.25. The van der Waals surface area contributed by atoms with Crippen molar-refractivity contribution in [3.05, 3.63) is 33.8 Å². The van der Waals surface area contributed by atoms with Gasteiger partial charge in [-0.05, 0) is 43.7 Å². The number of halogens is 2. The summed E-state index contributed by atoms with van der Waals surface area (Å²) < 4.78 is 22.0. The molecule has 18 heavy (non-hydrogen) atoms. The van der Waals surface area contributed by atoms with Gasteiger partial charge in [0.25, 0.3) is 0 Å². The molecule has 1 aromatic carbocycles. The van der Waals surface area contributed by atoms with Crippen molar-refractivity contribution in [3.63, 3.8) is 0 Å². The Hall–Kier alpha value is -0.290. The number of nitrogens with one attached hydrogen (secondary N) is 1. The summed E-state index contributed by atoms with van der Waals surface area (Å²) in [5, 5.41) is 4.53. The van der Waals surface area contributed by atoms with E-state index in [0.29, 0.717) is 23.0 Å². The summed E-state index contributed by atoms with van der Waals surface area (Å²) in [4.78, 5) is 0. The molecule has 1 atom stereocenters. The van der Waals surface area contributed by atoms with E-state index < -0.39 is 9.84 Å². The van der Waals surface area contributed by atoms with Gasteiger partial charge in [-0.1, -0.05) is 23.2 Å². The Kier molecular flexibility index (Phi) is 5.92. The molecule has 0 bridgehead atoms. The number of rotatable bonds is 6. The smallest absolute Gasteiger partial charge is 0.147 e. The molecule has 0 heterocycles. The molecule has 1 rings (SSSR count). The molecule has 1 aromatic rings. The first-order valence-electron chi connectivity index (χ1n) is 5.65. The molecule has 0 radical (unpaired) electrons. The highest BCUT2D eigenvalue weighted by Gasteiger charge is 2.10. The topological polar surface area (TPSA) is 46.2 Å². The van der Waals surface area contributed by atoms with E-state index in [9.17, 15) is 8.42 Å². The maximum Gasteiger partial charge on any atom is 0.147 e. The Morgan fingerprint density at radius 1 is 1.33 bits per heavy atom. The second-order valence-corrected chi connectivity index (χ2v) is 7.43. The zero-order chi connectivity index (χ0) is 13.8. The van der Waals surface area contributed by atoms with E-state index in [0.717, 1.165) is 5.56 Å². The number of benzene rings is 1. The van der Waals surface area contributed by atoms with Gasteiger partial charge in [0.2, 0.25) is 0 Å². The minimum Gasteiger partial charge on any atom is -0.310 e. The molecule has 0 fully saturated rings. The van der Waals surface area contributed by atoms with Gasteiger partial charge in [0.1, 0.15) is 9.84 Å². The van der Waals surface area contributed by atoms with Crippen LogP contribution in [0.3, 0.4) is 0 Å². The Morgan fingerprint density at radius 2 is 2.00 bits per heavy atom. The molecule has 0 aliphatic carbocycles. The normalized spacial score (nSPS) is 13.6. The van der Waals surface area contributed by atoms with Crippen molar-refractivity contribution in [3.8, 4) is 0 Å². The van der Waals surface area contributed by atoms with E-state index in [1.54, 1.807) is 12.1 Å². The third kappa shape index (κ3) is 5.57. The van der Waals surface area contributed by atoms with E-state index in [4.69, 9.17) is 23.2 Å². The van der Waals surface area contributed by atoms with Crippen molar-refractivity contribution in [2.24, 2.45) is 0 Å². The van der Waals surface area contributed by atoms with Crippen LogP contribution >= 0.6 is 23.2 Å². The second-order valence-electron chi connectivity index (χ2n) is 4.33. The molecule has 6 heteroatoms. The van der Waals surface area contributed by atoms with Gasteiger partial charge in [0.05, 0.1) is 5.75 Å². The predicted molar refractivity (Wildman–Crippen MR) is 77.2 cm³/mol. The van der Waals surface area contributed by atoms with Crippen molar-refractivity contribution >= 4 is 33.0 Å². The predicted octanol–water partition coefficient (Wildman–Crippen LogP) is 3.08. The second kappa shape index (κ2) is 6.75. The summed E-state index contributed by atoms with van der Waals surface area (Å²) in [6, 6.07) is 5.35. The van der Waals surface area contributed by atoms with Crippen LogP contribution < -0.4 is 5.32 Å². The van der Waals surface area contributed by atoms with Crippen LogP contribution in [0.4, 0.5) is 0 Å². The van der Waals surface area contributed by atoms with Crippen LogP contribution in [0.5, 0.6) is 0 Å². The summed E-state index contributed by atoms with van der Waals surface area (Å²) in [5.41, 5.74) is 0.920. The molecule has 0 aliphatic heterocycles. The lowest BCUT2D eigenvalue weighted by Crippen LogP contribution is -2.22. The van der Waals surface area contributed by atoms with Crippen molar-refractivity contribution in [2.45, 2.75) is 19.4 Å². The van der Waals surface area contributed by atoms with E-state index in [-0.39, 0.29) is 11.8 Å². The number of hydrogen-bond donors (Lipinski definition) is 1. The highest BCUT2D eigenvalue weighted by molar-refractivity contribution is 7.90. The van der Waals surface area contributed by atoms with Crippen molar-refractivity contribution in [2.75, 3.05) is 18.6 Å². The van der Waals surface area contributed by atoms with Crippen LogP contribution in [0, 0.1) is 0 Å².